The molecular weight excluding hydrogens is 567 g/mol. The van der Waals surface area contributed by atoms with Crippen LogP contribution in [-0.4, -0.2) is 9.13 Å². The lowest BCUT2D eigenvalue weighted by molar-refractivity contribution is 0.456. The molecule has 1 aliphatic carbocycles. The van der Waals surface area contributed by atoms with Crippen LogP contribution in [0.2, 0.25) is 10.0 Å². The van der Waals surface area contributed by atoms with E-state index < -0.39 is 0 Å². The number of hydrogen-bond donors (Lipinski definition) is 0. The third kappa shape index (κ3) is 3.01. The van der Waals surface area contributed by atoms with Crippen LogP contribution in [0.4, 0.5) is 11.4 Å². The van der Waals surface area contributed by atoms with Gasteiger partial charge < -0.3 is 18.6 Å². The summed E-state index contributed by atoms with van der Waals surface area (Å²) in [5, 5.41) is 4.72. The Kier molecular flexibility index (Phi) is 5.00. The first-order valence-corrected chi connectivity index (χ1v) is 15.1. The molecular formula is C34H24Cl2N4O2. The summed E-state index contributed by atoms with van der Waals surface area (Å²) in [5.41, 5.74) is 7.27. The summed E-state index contributed by atoms with van der Waals surface area (Å²) in [6.45, 7) is 6.03. The van der Waals surface area contributed by atoms with Crippen molar-refractivity contribution in [2.45, 2.75) is 39.8 Å². The van der Waals surface area contributed by atoms with Crippen LogP contribution in [0.25, 0.3) is 38.8 Å². The van der Waals surface area contributed by atoms with E-state index in [1.165, 1.54) is 11.3 Å². The van der Waals surface area contributed by atoms with Crippen LogP contribution in [-0.2, 0) is 19.5 Å². The van der Waals surface area contributed by atoms with Crippen molar-refractivity contribution in [3.05, 3.63) is 86.6 Å². The molecule has 42 heavy (non-hydrogen) atoms. The van der Waals surface area contributed by atoms with Gasteiger partial charge in [0.05, 0.1) is 21.8 Å². The summed E-state index contributed by atoms with van der Waals surface area (Å²) < 4.78 is 17.9. The number of hydrogen-bond acceptors (Lipinski definition) is 4. The number of para-hydroxylation sites is 1. The standard InChI is InChI=1S/C34H24Cl2N4O2/c1-3-39-21-11-7-5-9-17(21)25-23(39)15-13-19-31(25)41-33-27(35)30-34(28(36)29(33)37-19)42-32-20(38-30)14-16-24-26(32)18-10-6-8-12-22(18)40(24)4-2/h5-7,9-11,13-16H,3-4,8,12H2,1-2H3. The molecule has 0 unspecified atom stereocenters. The van der Waals surface area contributed by atoms with Gasteiger partial charge in [-0.05, 0) is 57.0 Å². The van der Waals surface area contributed by atoms with Crippen molar-refractivity contribution in [1.82, 2.24) is 9.13 Å². The lowest BCUT2D eigenvalue weighted by Crippen LogP contribution is -2.22. The first kappa shape index (κ1) is 24.3. The summed E-state index contributed by atoms with van der Waals surface area (Å²) in [6, 6.07) is 16.5. The maximum Gasteiger partial charge on any atom is 0.175 e. The molecule has 2 aromatic heterocycles. The van der Waals surface area contributed by atoms with Gasteiger partial charge in [0, 0.05) is 35.2 Å². The number of rotatable bonds is 2. The highest BCUT2D eigenvalue weighted by atomic mass is 35.5. The Morgan fingerprint density at radius 1 is 0.714 bits per heavy atom. The molecule has 0 spiro atoms. The van der Waals surface area contributed by atoms with E-state index in [0.29, 0.717) is 55.1 Å². The summed E-state index contributed by atoms with van der Waals surface area (Å²) in [7, 11) is 0. The molecule has 2 aliphatic heterocycles. The quantitative estimate of drug-likeness (QED) is 0.201. The molecule has 0 fully saturated rings. The number of fused-ring (bicyclic) bond motifs is 12. The van der Waals surface area contributed by atoms with Crippen LogP contribution in [0, 0.1) is 0 Å². The number of allylic oxidation sites excluding steroid dienone is 1. The van der Waals surface area contributed by atoms with Gasteiger partial charge >= 0.3 is 0 Å². The monoisotopic (exact) mass is 590 g/mol. The lowest BCUT2D eigenvalue weighted by atomic mass is 10.0. The van der Waals surface area contributed by atoms with Crippen molar-refractivity contribution in [3.8, 4) is 23.0 Å². The number of aromatic nitrogens is 2. The zero-order valence-corrected chi connectivity index (χ0v) is 24.5. The molecule has 4 heterocycles. The van der Waals surface area contributed by atoms with Gasteiger partial charge in [-0.25, -0.2) is 9.98 Å². The molecule has 9 rings (SSSR count). The first-order valence-electron chi connectivity index (χ1n) is 14.3. The van der Waals surface area contributed by atoms with Crippen molar-refractivity contribution >= 4 is 73.4 Å². The molecule has 0 bridgehead atoms. The van der Waals surface area contributed by atoms with Crippen molar-refractivity contribution in [3.63, 3.8) is 0 Å². The highest BCUT2D eigenvalue weighted by Gasteiger charge is 2.31. The fraction of sp³-hybridized carbons (Fsp3) is 0.176. The molecule has 0 saturated heterocycles. The van der Waals surface area contributed by atoms with Crippen molar-refractivity contribution in [2.75, 3.05) is 0 Å². The molecule has 206 valence electrons. The Morgan fingerprint density at radius 2 is 1.33 bits per heavy atom. The van der Waals surface area contributed by atoms with E-state index in [9.17, 15) is 0 Å². The van der Waals surface area contributed by atoms with Crippen LogP contribution in [0.3, 0.4) is 0 Å². The largest absolute Gasteiger partial charge is 0.450 e. The minimum absolute atomic E-state index is 0.328. The van der Waals surface area contributed by atoms with Gasteiger partial charge in [0.1, 0.15) is 32.1 Å². The highest BCUT2D eigenvalue weighted by Crippen LogP contribution is 2.49. The van der Waals surface area contributed by atoms with E-state index in [-0.39, 0.29) is 0 Å². The van der Waals surface area contributed by atoms with Crippen LogP contribution < -0.4 is 20.2 Å². The van der Waals surface area contributed by atoms with E-state index >= 15 is 0 Å². The summed E-state index contributed by atoms with van der Waals surface area (Å²) >= 11 is 14.1. The van der Waals surface area contributed by atoms with E-state index in [4.69, 9.17) is 42.7 Å². The maximum absolute atomic E-state index is 7.08. The van der Waals surface area contributed by atoms with Crippen molar-refractivity contribution in [1.29, 1.82) is 0 Å². The Balaban J connectivity index is 1.30. The van der Waals surface area contributed by atoms with Crippen LogP contribution >= 0.6 is 23.2 Å². The number of halogens is 2. The van der Waals surface area contributed by atoms with E-state index in [2.05, 4.69) is 65.5 Å². The van der Waals surface area contributed by atoms with E-state index in [1.807, 2.05) is 18.2 Å². The average Bonchev–Trinajstić information content (AvgIpc) is 3.54. The van der Waals surface area contributed by atoms with Gasteiger partial charge in [-0.3, -0.25) is 0 Å². The van der Waals surface area contributed by atoms with Crippen LogP contribution in [0.15, 0.2) is 64.6 Å². The van der Waals surface area contributed by atoms with Crippen molar-refractivity contribution < 1.29 is 9.47 Å². The lowest BCUT2D eigenvalue weighted by Gasteiger charge is -2.22. The Labute approximate surface area is 250 Å². The number of nitrogens with zero attached hydrogens (tertiary/aromatic N) is 4. The van der Waals surface area contributed by atoms with Gasteiger partial charge in [0.2, 0.25) is 0 Å². The average molecular weight is 591 g/mol. The molecule has 0 N–H and O–H groups in total. The zero-order valence-electron chi connectivity index (χ0n) is 23.0. The smallest absolute Gasteiger partial charge is 0.175 e. The van der Waals surface area contributed by atoms with E-state index in [1.54, 1.807) is 0 Å². The third-order valence-corrected chi connectivity index (χ3v) is 9.47. The fourth-order valence-corrected chi connectivity index (χ4v) is 7.50. The van der Waals surface area contributed by atoms with Gasteiger partial charge in [-0.1, -0.05) is 53.6 Å². The fourth-order valence-electron chi connectivity index (χ4n) is 6.99. The van der Waals surface area contributed by atoms with Crippen LogP contribution in [0.5, 0.6) is 23.0 Å². The van der Waals surface area contributed by atoms with Gasteiger partial charge in [-0.15, -0.1) is 0 Å². The second kappa shape index (κ2) is 8.63. The molecule has 0 radical (unpaired) electrons. The first-order chi connectivity index (χ1) is 20.6. The molecule has 0 amide bonds. The normalized spacial score (nSPS) is 14.4. The van der Waals surface area contributed by atoms with Gasteiger partial charge in [0.15, 0.2) is 23.0 Å². The minimum Gasteiger partial charge on any atom is -0.450 e. The molecule has 0 atom stereocenters. The summed E-state index contributed by atoms with van der Waals surface area (Å²) in [4.78, 5) is 9.98. The zero-order chi connectivity index (χ0) is 28.3. The topological polar surface area (TPSA) is 53.0 Å². The Hall–Kier alpha value is -4.26. The van der Waals surface area contributed by atoms with Gasteiger partial charge in [-0.2, -0.15) is 0 Å². The molecule has 8 heteroatoms. The second-order valence-corrected chi connectivity index (χ2v) is 11.6. The van der Waals surface area contributed by atoms with Crippen LogP contribution in [0.1, 0.15) is 31.5 Å². The highest BCUT2D eigenvalue weighted by molar-refractivity contribution is 6.35. The summed E-state index contributed by atoms with van der Waals surface area (Å²) in [5.74, 6) is 2.15. The van der Waals surface area contributed by atoms with Crippen molar-refractivity contribution in [2.24, 2.45) is 9.98 Å². The molecule has 4 aromatic carbocycles. The number of aryl methyl sites for hydroxylation is 2. The predicted molar refractivity (Wildman–Crippen MR) is 168 cm³/mol. The third-order valence-electron chi connectivity index (χ3n) is 8.76. The molecule has 6 nitrogen and oxygen atoms in total. The SMILES string of the molecule is CCn1c2c(c3c4c(ccc31)N=c1c(Cl)c3c(c(Cl)c1O4)=Nc1ccc4c(c1O3)c1ccccc1n4CC)C=CCC2. The van der Waals surface area contributed by atoms with Gasteiger partial charge in [0.25, 0.3) is 0 Å². The van der Waals surface area contributed by atoms with E-state index in [0.717, 1.165) is 58.6 Å². The molecule has 0 saturated carbocycles. The number of ether oxygens (including phenoxy) is 2. The second-order valence-electron chi connectivity index (χ2n) is 10.8. The predicted octanol–water partition coefficient (Wildman–Crippen LogP) is 9.17. The minimum atomic E-state index is 0.328. The maximum atomic E-state index is 7.08. The summed E-state index contributed by atoms with van der Waals surface area (Å²) in [6.07, 6.45) is 6.44. The Morgan fingerprint density at radius 3 is 2.00 bits per heavy atom. The Bertz CT molecular complexity index is 2360. The molecule has 3 aliphatic rings. The molecule has 6 aromatic rings. The number of benzene rings is 4.